The van der Waals surface area contributed by atoms with Crippen molar-refractivity contribution in [1.82, 2.24) is 4.90 Å². The quantitative estimate of drug-likeness (QED) is 0.615. The van der Waals surface area contributed by atoms with Crippen LogP contribution in [-0.4, -0.2) is 28.5 Å². The lowest BCUT2D eigenvalue weighted by Crippen LogP contribution is -2.33. The van der Waals surface area contributed by atoms with E-state index >= 15 is 0 Å². The second-order valence-corrected chi connectivity index (χ2v) is 8.79. The molecule has 1 N–H and O–H groups in total. The van der Waals surface area contributed by atoms with Gasteiger partial charge in [-0.3, -0.25) is 9.59 Å². The largest absolute Gasteiger partial charge is 0.334 e. The normalized spacial score (nSPS) is 15.2. The number of benzene rings is 3. The van der Waals surface area contributed by atoms with E-state index in [9.17, 15) is 9.59 Å². The van der Waals surface area contributed by atoms with E-state index in [1.54, 1.807) is 6.07 Å². The molecule has 0 bridgehead atoms. The van der Waals surface area contributed by atoms with E-state index in [0.29, 0.717) is 18.7 Å². The van der Waals surface area contributed by atoms with Crippen LogP contribution in [-0.2, 0) is 17.8 Å². The summed E-state index contributed by atoms with van der Waals surface area (Å²) in [6.45, 7) is 3.04. The Balaban J connectivity index is 1.57. The van der Waals surface area contributed by atoms with E-state index in [1.807, 2.05) is 72.5 Å². The summed E-state index contributed by atoms with van der Waals surface area (Å²) in [4.78, 5) is 28.3. The van der Waals surface area contributed by atoms with Gasteiger partial charge >= 0.3 is 0 Å². The predicted octanol–water partition coefficient (Wildman–Crippen LogP) is 5.00. The van der Waals surface area contributed by atoms with Crippen LogP contribution in [0.1, 0.15) is 28.4 Å². The number of hydrogen-bond acceptors (Lipinski definition) is 3. The average Bonchev–Trinajstić information content (AvgIpc) is 2.78. The number of rotatable bonds is 6. The van der Waals surface area contributed by atoms with Crippen molar-refractivity contribution in [3.63, 3.8) is 0 Å². The van der Waals surface area contributed by atoms with Crippen LogP contribution in [0, 0.1) is 0 Å². The second-order valence-electron chi connectivity index (χ2n) is 7.41. The SMILES string of the molecule is C[C@H]1Sc2ccc(C(=O)N(CCc3ccccc3)Cc3ccccc3)cc2NC1=O. The van der Waals surface area contributed by atoms with Gasteiger partial charge in [-0.2, -0.15) is 0 Å². The average molecular weight is 417 g/mol. The molecule has 0 spiro atoms. The van der Waals surface area contributed by atoms with Crippen LogP contribution in [0.5, 0.6) is 0 Å². The number of anilines is 1. The van der Waals surface area contributed by atoms with Crippen LogP contribution < -0.4 is 5.32 Å². The van der Waals surface area contributed by atoms with Crippen molar-refractivity contribution in [3.05, 3.63) is 95.6 Å². The topological polar surface area (TPSA) is 49.4 Å². The van der Waals surface area contributed by atoms with Crippen molar-refractivity contribution in [1.29, 1.82) is 0 Å². The fraction of sp³-hybridized carbons (Fsp3) is 0.200. The van der Waals surface area contributed by atoms with Crippen LogP contribution in [0.4, 0.5) is 5.69 Å². The molecule has 5 heteroatoms. The van der Waals surface area contributed by atoms with E-state index < -0.39 is 0 Å². The third kappa shape index (κ3) is 4.74. The van der Waals surface area contributed by atoms with Crippen molar-refractivity contribution in [2.45, 2.75) is 30.0 Å². The van der Waals surface area contributed by atoms with Gasteiger partial charge in [0.25, 0.3) is 5.91 Å². The molecule has 152 valence electrons. The maximum absolute atomic E-state index is 13.4. The number of carbonyl (C=O) groups is 2. The van der Waals surface area contributed by atoms with Gasteiger partial charge in [-0.25, -0.2) is 0 Å². The molecule has 1 aliphatic rings. The Labute approximate surface area is 181 Å². The molecule has 30 heavy (non-hydrogen) atoms. The molecule has 1 heterocycles. The highest BCUT2D eigenvalue weighted by Crippen LogP contribution is 2.36. The number of carbonyl (C=O) groups excluding carboxylic acids is 2. The first-order valence-corrected chi connectivity index (χ1v) is 11.0. The summed E-state index contributed by atoms with van der Waals surface area (Å²) in [6, 6.07) is 25.8. The summed E-state index contributed by atoms with van der Waals surface area (Å²) in [5.74, 6) is -0.0576. The molecule has 0 aromatic heterocycles. The van der Waals surface area contributed by atoms with Gasteiger partial charge in [0, 0.05) is 23.5 Å². The lowest BCUT2D eigenvalue weighted by atomic mass is 10.1. The number of nitrogens with one attached hydrogen (secondary N) is 1. The Morgan fingerprint density at radius 3 is 2.33 bits per heavy atom. The molecule has 1 atom stereocenters. The van der Waals surface area contributed by atoms with Crippen LogP contribution in [0.15, 0.2) is 83.8 Å². The number of thioether (sulfide) groups is 1. The first kappa shape index (κ1) is 20.2. The molecule has 3 aromatic carbocycles. The van der Waals surface area contributed by atoms with Gasteiger partial charge in [0.1, 0.15) is 0 Å². The Bertz CT molecular complexity index is 1040. The van der Waals surface area contributed by atoms with Crippen molar-refractivity contribution in [3.8, 4) is 0 Å². The molecule has 0 radical (unpaired) electrons. The zero-order valence-electron chi connectivity index (χ0n) is 16.9. The molecule has 3 aromatic rings. The van der Waals surface area contributed by atoms with Gasteiger partial charge < -0.3 is 10.2 Å². The zero-order chi connectivity index (χ0) is 20.9. The predicted molar refractivity (Wildman–Crippen MR) is 122 cm³/mol. The summed E-state index contributed by atoms with van der Waals surface area (Å²) in [5.41, 5.74) is 3.60. The van der Waals surface area contributed by atoms with Crippen molar-refractivity contribution < 1.29 is 9.59 Å². The fourth-order valence-electron chi connectivity index (χ4n) is 3.49. The van der Waals surface area contributed by atoms with Gasteiger partial charge in [-0.15, -0.1) is 11.8 Å². The Morgan fingerprint density at radius 1 is 0.967 bits per heavy atom. The van der Waals surface area contributed by atoms with Crippen molar-refractivity contribution in [2.75, 3.05) is 11.9 Å². The molecule has 4 rings (SSSR count). The molecule has 2 amide bonds. The van der Waals surface area contributed by atoms with Gasteiger partial charge in [-0.05, 0) is 42.7 Å². The van der Waals surface area contributed by atoms with Gasteiger partial charge in [0.15, 0.2) is 0 Å². The molecular formula is C25H24N2O2S. The number of nitrogens with zero attached hydrogens (tertiary/aromatic N) is 1. The summed E-state index contributed by atoms with van der Waals surface area (Å²) < 4.78 is 0. The third-order valence-electron chi connectivity index (χ3n) is 5.17. The highest BCUT2D eigenvalue weighted by atomic mass is 32.2. The molecule has 0 saturated carbocycles. The number of hydrogen-bond donors (Lipinski definition) is 1. The van der Waals surface area contributed by atoms with Crippen molar-refractivity contribution in [2.24, 2.45) is 0 Å². The lowest BCUT2D eigenvalue weighted by molar-refractivity contribution is -0.115. The molecule has 4 nitrogen and oxygen atoms in total. The zero-order valence-corrected chi connectivity index (χ0v) is 17.7. The Hall–Kier alpha value is -3.05. The summed E-state index contributed by atoms with van der Waals surface area (Å²) >= 11 is 1.52. The number of fused-ring (bicyclic) bond motifs is 1. The van der Waals surface area contributed by atoms with E-state index in [1.165, 1.54) is 17.3 Å². The fourth-order valence-corrected chi connectivity index (χ4v) is 4.42. The smallest absolute Gasteiger partial charge is 0.254 e. The van der Waals surface area contributed by atoms with Crippen LogP contribution in [0.25, 0.3) is 0 Å². The first-order chi connectivity index (χ1) is 14.6. The molecule has 0 unspecified atom stereocenters. The monoisotopic (exact) mass is 416 g/mol. The highest BCUT2D eigenvalue weighted by molar-refractivity contribution is 8.00. The summed E-state index contributed by atoms with van der Waals surface area (Å²) in [7, 11) is 0. The third-order valence-corrected chi connectivity index (χ3v) is 6.35. The molecule has 0 saturated heterocycles. The van der Waals surface area contributed by atoms with Gasteiger partial charge in [-0.1, -0.05) is 60.7 Å². The lowest BCUT2D eigenvalue weighted by Gasteiger charge is -2.25. The molecule has 0 fully saturated rings. The Kier molecular flexibility index (Phi) is 6.19. The maximum atomic E-state index is 13.4. The Morgan fingerprint density at radius 2 is 1.63 bits per heavy atom. The van der Waals surface area contributed by atoms with E-state index in [0.717, 1.165) is 22.6 Å². The van der Waals surface area contributed by atoms with Gasteiger partial charge in [0.05, 0.1) is 10.9 Å². The molecule has 1 aliphatic heterocycles. The van der Waals surface area contributed by atoms with Crippen LogP contribution >= 0.6 is 11.8 Å². The number of amides is 2. The minimum atomic E-state index is -0.125. The standard InChI is InChI=1S/C25H24N2O2S/c1-18-24(28)26-22-16-21(12-13-23(22)30-18)25(29)27(17-20-10-6-3-7-11-20)15-14-19-8-4-2-5-9-19/h2-13,16,18H,14-15,17H2,1H3,(H,26,28)/t18-/m1/s1. The highest BCUT2D eigenvalue weighted by Gasteiger charge is 2.25. The van der Waals surface area contributed by atoms with Crippen molar-refractivity contribution >= 4 is 29.3 Å². The van der Waals surface area contributed by atoms with E-state index in [4.69, 9.17) is 0 Å². The van der Waals surface area contributed by atoms with E-state index in [-0.39, 0.29) is 17.1 Å². The second kappa shape index (κ2) is 9.18. The minimum absolute atomic E-state index is 0.0256. The first-order valence-electron chi connectivity index (χ1n) is 10.1. The van der Waals surface area contributed by atoms with Crippen LogP contribution in [0.3, 0.4) is 0 Å². The summed E-state index contributed by atoms with van der Waals surface area (Å²) in [5, 5.41) is 2.80. The molecular weight excluding hydrogens is 392 g/mol. The van der Waals surface area contributed by atoms with Crippen LogP contribution in [0.2, 0.25) is 0 Å². The maximum Gasteiger partial charge on any atom is 0.254 e. The van der Waals surface area contributed by atoms with E-state index in [2.05, 4.69) is 17.4 Å². The van der Waals surface area contributed by atoms with Gasteiger partial charge in [0.2, 0.25) is 5.91 Å². The molecule has 0 aliphatic carbocycles. The summed E-state index contributed by atoms with van der Waals surface area (Å²) in [6.07, 6.45) is 0.786. The minimum Gasteiger partial charge on any atom is -0.334 e.